The summed E-state index contributed by atoms with van der Waals surface area (Å²) in [5, 5.41) is 14.0. The Bertz CT molecular complexity index is 813. The van der Waals surface area contributed by atoms with E-state index < -0.39 is 22.1 Å². The van der Waals surface area contributed by atoms with Gasteiger partial charge in [-0.3, -0.25) is 19.9 Å². The predicted octanol–water partition coefficient (Wildman–Crippen LogP) is 4.09. The maximum absolute atomic E-state index is 14.1. The molecule has 6 nitrogen and oxygen atoms in total. The van der Waals surface area contributed by atoms with E-state index in [-0.39, 0.29) is 22.6 Å². The van der Waals surface area contributed by atoms with E-state index in [9.17, 15) is 19.3 Å². The van der Waals surface area contributed by atoms with Crippen LogP contribution in [-0.4, -0.2) is 15.8 Å². The van der Waals surface area contributed by atoms with Gasteiger partial charge in [0.1, 0.15) is 17.2 Å². The SMILES string of the molecule is Cc1cc(-c2ncccc2F)c(NC(=O)C(C)(C)C)c([N+](=O)[O-])c1. The van der Waals surface area contributed by atoms with Crippen LogP contribution in [0.25, 0.3) is 11.3 Å². The first-order valence-corrected chi connectivity index (χ1v) is 7.32. The molecule has 0 fully saturated rings. The second-order valence-corrected chi connectivity index (χ2v) is 6.50. The standard InChI is InChI=1S/C17H18FN3O3/c1-10-8-11(14-12(18)6-5-7-19-14)15(13(9-10)21(23)24)20-16(22)17(2,3)4/h5-9H,1-4H3,(H,20,22). The van der Waals surface area contributed by atoms with E-state index in [4.69, 9.17) is 0 Å². The molecule has 0 saturated carbocycles. The van der Waals surface area contributed by atoms with Gasteiger partial charge in [0.2, 0.25) is 5.91 Å². The van der Waals surface area contributed by atoms with E-state index in [0.717, 1.165) is 0 Å². The van der Waals surface area contributed by atoms with Crippen LogP contribution in [0.5, 0.6) is 0 Å². The van der Waals surface area contributed by atoms with Crippen molar-refractivity contribution in [3.63, 3.8) is 0 Å². The highest BCUT2D eigenvalue weighted by Crippen LogP contribution is 2.38. The molecule has 0 spiro atoms. The highest BCUT2D eigenvalue weighted by molar-refractivity contribution is 6.01. The lowest BCUT2D eigenvalue weighted by Crippen LogP contribution is -2.28. The van der Waals surface area contributed by atoms with Gasteiger partial charge in [0.25, 0.3) is 5.69 Å². The number of hydrogen-bond donors (Lipinski definition) is 1. The van der Waals surface area contributed by atoms with Gasteiger partial charge in [0, 0.05) is 23.2 Å². The molecule has 0 aliphatic carbocycles. The number of nitrogens with one attached hydrogen (secondary N) is 1. The third-order valence-electron chi connectivity index (χ3n) is 3.39. The van der Waals surface area contributed by atoms with Crippen LogP contribution in [0.15, 0.2) is 30.5 Å². The Kier molecular flexibility index (Phi) is 4.64. The first-order chi connectivity index (χ1) is 11.1. The van der Waals surface area contributed by atoms with Crippen molar-refractivity contribution in [3.05, 3.63) is 52.0 Å². The lowest BCUT2D eigenvalue weighted by atomic mass is 9.94. The van der Waals surface area contributed by atoms with Crippen LogP contribution in [0.2, 0.25) is 0 Å². The molecule has 0 bridgehead atoms. The van der Waals surface area contributed by atoms with Crippen molar-refractivity contribution in [1.82, 2.24) is 4.98 Å². The van der Waals surface area contributed by atoms with Crippen molar-refractivity contribution in [2.45, 2.75) is 27.7 Å². The van der Waals surface area contributed by atoms with E-state index in [1.54, 1.807) is 33.8 Å². The quantitative estimate of drug-likeness (QED) is 0.678. The summed E-state index contributed by atoms with van der Waals surface area (Å²) in [7, 11) is 0. The Labute approximate surface area is 138 Å². The molecule has 1 aromatic carbocycles. The van der Waals surface area contributed by atoms with Crippen LogP contribution < -0.4 is 5.32 Å². The molecule has 0 radical (unpaired) electrons. The zero-order chi connectivity index (χ0) is 18.1. The average molecular weight is 331 g/mol. The molecule has 0 atom stereocenters. The van der Waals surface area contributed by atoms with Gasteiger partial charge in [0.15, 0.2) is 0 Å². The highest BCUT2D eigenvalue weighted by atomic mass is 19.1. The fourth-order valence-electron chi connectivity index (χ4n) is 2.11. The number of nitrogens with zero attached hydrogens (tertiary/aromatic N) is 2. The molecule has 7 heteroatoms. The van der Waals surface area contributed by atoms with Gasteiger partial charge in [-0.05, 0) is 30.7 Å². The number of pyridine rings is 1. The number of amides is 1. The number of halogens is 1. The topological polar surface area (TPSA) is 85.1 Å². The summed E-state index contributed by atoms with van der Waals surface area (Å²) in [6.45, 7) is 6.71. The number of aromatic nitrogens is 1. The number of rotatable bonds is 3. The Morgan fingerprint density at radius 3 is 2.54 bits per heavy atom. The third kappa shape index (κ3) is 3.56. The van der Waals surface area contributed by atoms with E-state index in [2.05, 4.69) is 10.3 Å². The molecule has 1 heterocycles. The molecule has 1 aromatic heterocycles. The second-order valence-electron chi connectivity index (χ2n) is 6.50. The predicted molar refractivity (Wildman–Crippen MR) is 89.1 cm³/mol. The minimum absolute atomic E-state index is 0.0477. The summed E-state index contributed by atoms with van der Waals surface area (Å²) in [5.74, 6) is -1.03. The van der Waals surface area contributed by atoms with E-state index in [1.165, 1.54) is 24.4 Å². The van der Waals surface area contributed by atoms with Gasteiger partial charge >= 0.3 is 0 Å². The Morgan fingerprint density at radius 2 is 2.00 bits per heavy atom. The zero-order valence-electron chi connectivity index (χ0n) is 13.9. The van der Waals surface area contributed by atoms with Crippen LogP contribution in [0.4, 0.5) is 15.8 Å². The molecule has 24 heavy (non-hydrogen) atoms. The molecule has 2 rings (SSSR count). The number of carbonyl (C=O) groups is 1. The summed E-state index contributed by atoms with van der Waals surface area (Å²) < 4.78 is 14.1. The number of benzene rings is 1. The van der Waals surface area contributed by atoms with E-state index in [0.29, 0.717) is 5.56 Å². The molecule has 0 aliphatic rings. The van der Waals surface area contributed by atoms with E-state index >= 15 is 0 Å². The van der Waals surface area contributed by atoms with E-state index in [1.807, 2.05) is 0 Å². The summed E-state index contributed by atoms with van der Waals surface area (Å²) in [6.07, 6.45) is 1.39. The number of anilines is 1. The number of aryl methyl sites for hydroxylation is 1. The molecule has 0 saturated heterocycles. The van der Waals surface area contributed by atoms with Crippen molar-refractivity contribution >= 4 is 17.3 Å². The number of carbonyl (C=O) groups excluding carboxylic acids is 1. The number of nitro groups is 1. The summed E-state index contributed by atoms with van der Waals surface area (Å²) in [5.41, 5.74) is -0.421. The number of nitro benzene ring substituents is 1. The van der Waals surface area contributed by atoms with Crippen molar-refractivity contribution in [2.24, 2.45) is 5.41 Å². The van der Waals surface area contributed by atoms with Crippen LogP contribution >= 0.6 is 0 Å². The fraction of sp³-hybridized carbons (Fsp3) is 0.294. The maximum Gasteiger partial charge on any atom is 0.293 e. The molecule has 2 aromatic rings. The number of hydrogen-bond acceptors (Lipinski definition) is 4. The van der Waals surface area contributed by atoms with Crippen molar-refractivity contribution < 1.29 is 14.1 Å². The van der Waals surface area contributed by atoms with Gasteiger partial charge in [-0.25, -0.2) is 4.39 Å². The zero-order valence-corrected chi connectivity index (χ0v) is 13.9. The average Bonchev–Trinajstić information content (AvgIpc) is 2.48. The first kappa shape index (κ1) is 17.5. The van der Waals surface area contributed by atoms with Crippen LogP contribution in [0, 0.1) is 28.3 Å². The highest BCUT2D eigenvalue weighted by Gasteiger charge is 2.28. The summed E-state index contributed by atoms with van der Waals surface area (Å²) in [4.78, 5) is 27.1. The normalized spacial score (nSPS) is 11.2. The minimum atomic E-state index is -0.765. The molecule has 0 aliphatic heterocycles. The van der Waals surface area contributed by atoms with Gasteiger partial charge < -0.3 is 5.32 Å². The van der Waals surface area contributed by atoms with Crippen LogP contribution in [0.1, 0.15) is 26.3 Å². The summed E-state index contributed by atoms with van der Waals surface area (Å²) >= 11 is 0. The summed E-state index contributed by atoms with van der Waals surface area (Å²) in [6, 6.07) is 5.54. The van der Waals surface area contributed by atoms with Crippen LogP contribution in [0.3, 0.4) is 0 Å². The fourth-order valence-corrected chi connectivity index (χ4v) is 2.11. The molecule has 0 unspecified atom stereocenters. The Hall–Kier alpha value is -2.83. The minimum Gasteiger partial charge on any atom is -0.319 e. The van der Waals surface area contributed by atoms with Gasteiger partial charge in [-0.2, -0.15) is 0 Å². The maximum atomic E-state index is 14.1. The van der Waals surface area contributed by atoms with Gasteiger partial charge in [-0.15, -0.1) is 0 Å². The molecule has 1 amide bonds. The molecular weight excluding hydrogens is 313 g/mol. The van der Waals surface area contributed by atoms with Crippen molar-refractivity contribution in [3.8, 4) is 11.3 Å². The van der Waals surface area contributed by atoms with Crippen molar-refractivity contribution in [2.75, 3.05) is 5.32 Å². The van der Waals surface area contributed by atoms with Crippen LogP contribution in [-0.2, 0) is 4.79 Å². The molecule has 126 valence electrons. The Balaban J connectivity index is 2.72. The Morgan fingerprint density at radius 1 is 1.33 bits per heavy atom. The van der Waals surface area contributed by atoms with Crippen molar-refractivity contribution in [1.29, 1.82) is 0 Å². The monoisotopic (exact) mass is 331 g/mol. The first-order valence-electron chi connectivity index (χ1n) is 7.32. The second kappa shape index (κ2) is 6.35. The lowest BCUT2D eigenvalue weighted by molar-refractivity contribution is -0.383. The third-order valence-corrected chi connectivity index (χ3v) is 3.39. The largest absolute Gasteiger partial charge is 0.319 e. The molecule has 1 N–H and O–H groups in total. The smallest absolute Gasteiger partial charge is 0.293 e. The molecular formula is C17H18FN3O3. The lowest BCUT2D eigenvalue weighted by Gasteiger charge is -2.19. The van der Waals surface area contributed by atoms with Gasteiger partial charge in [-0.1, -0.05) is 20.8 Å². The van der Waals surface area contributed by atoms with Gasteiger partial charge in [0.05, 0.1) is 4.92 Å².